The Balaban J connectivity index is 2.97. The molecule has 1 rings (SSSR count). The van der Waals surface area contributed by atoms with Gasteiger partial charge in [-0.25, -0.2) is 0 Å². The lowest BCUT2D eigenvalue weighted by Gasteiger charge is -2.23. The Hall–Kier alpha value is -1.55. The maximum absolute atomic E-state index is 12.3. The van der Waals surface area contributed by atoms with Gasteiger partial charge in [0, 0.05) is 17.1 Å². The number of hydrogen-bond donors (Lipinski definition) is 2. The zero-order valence-electron chi connectivity index (χ0n) is 13.6. The number of carboxylic acids is 1. The highest BCUT2D eigenvalue weighted by Crippen LogP contribution is 2.31. The molecule has 0 spiro atoms. The van der Waals surface area contributed by atoms with E-state index in [1.54, 1.807) is 13.8 Å². The predicted molar refractivity (Wildman–Crippen MR) is 89.5 cm³/mol. The van der Waals surface area contributed by atoms with E-state index in [1.165, 1.54) is 0 Å². The van der Waals surface area contributed by atoms with Crippen LogP contribution in [0.4, 0.5) is 5.69 Å². The Kier molecular flexibility index (Phi) is 6.42. The molecule has 0 saturated carbocycles. The number of carboxylic acid groups (broad SMARTS) is 1. The molecule has 1 amide bonds. The van der Waals surface area contributed by atoms with Crippen LogP contribution in [0.5, 0.6) is 0 Å². The van der Waals surface area contributed by atoms with Gasteiger partial charge < -0.3 is 10.4 Å². The van der Waals surface area contributed by atoms with Crippen LogP contribution in [0.15, 0.2) is 12.1 Å². The van der Waals surface area contributed by atoms with Crippen molar-refractivity contribution < 1.29 is 14.7 Å². The molecule has 0 heterocycles. The summed E-state index contributed by atoms with van der Waals surface area (Å²) >= 11 is 6.21. The first-order valence-electron chi connectivity index (χ1n) is 7.52. The van der Waals surface area contributed by atoms with Crippen LogP contribution < -0.4 is 5.32 Å². The summed E-state index contributed by atoms with van der Waals surface area (Å²) < 4.78 is 0. The first kappa shape index (κ1) is 18.5. The number of halogens is 1. The van der Waals surface area contributed by atoms with Crippen molar-refractivity contribution in [2.45, 2.75) is 53.4 Å². The second-order valence-corrected chi connectivity index (χ2v) is 6.63. The van der Waals surface area contributed by atoms with Gasteiger partial charge in [-0.2, -0.15) is 0 Å². The predicted octanol–water partition coefficient (Wildman–Crippen LogP) is 4.29. The molecule has 0 aliphatic heterocycles. The van der Waals surface area contributed by atoms with Crippen molar-refractivity contribution in [2.75, 3.05) is 5.32 Å². The fraction of sp³-hybridized carbons (Fsp3) is 0.529. The van der Waals surface area contributed by atoms with E-state index in [0.29, 0.717) is 5.02 Å². The van der Waals surface area contributed by atoms with Gasteiger partial charge in [-0.15, -0.1) is 0 Å². The summed E-state index contributed by atoms with van der Waals surface area (Å²) in [5.74, 6) is -1.08. The Morgan fingerprint density at radius 3 is 2.32 bits per heavy atom. The molecule has 1 aromatic carbocycles. The minimum absolute atomic E-state index is 0.0444. The lowest BCUT2D eigenvalue weighted by atomic mass is 9.85. The fourth-order valence-corrected chi connectivity index (χ4v) is 2.85. The Bertz CT molecular complexity index is 567. The van der Waals surface area contributed by atoms with Crippen molar-refractivity contribution in [3.05, 3.63) is 28.3 Å². The minimum Gasteiger partial charge on any atom is -0.481 e. The average Bonchev–Trinajstić information content (AvgIpc) is 2.36. The number of hydrogen-bond acceptors (Lipinski definition) is 2. The highest BCUT2D eigenvalue weighted by atomic mass is 35.5. The number of aliphatic carboxylic acids is 1. The van der Waals surface area contributed by atoms with Crippen molar-refractivity contribution in [1.29, 1.82) is 0 Å². The number of carbonyl (C=O) groups excluding carboxylic acids is 1. The van der Waals surface area contributed by atoms with E-state index in [2.05, 4.69) is 5.32 Å². The van der Waals surface area contributed by atoms with Crippen molar-refractivity contribution in [3.63, 3.8) is 0 Å². The normalized spacial score (nSPS) is 11.3. The molecule has 0 unspecified atom stereocenters. The third-order valence-corrected chi connectivity index (χ3v) is 3.96. The summed E-state index contributed by atoms with van der Waals surface area (Å²) in [6.45, 7) is 7.57. The Morgan fingerprint density at radius 2 is 1.82 bits per heavy atom. The van der Waals surface area contributed by atoms with Crippen LogP contribution in [0.1, 0.15) is 51.7 Å². The fourth-order valence-electron chi connectivity index (χ4n) is 2.56. The van der Waals surface area contributed by atoms with Crippen LogP contribution in [0.25, 0.3) is 0 Å². The Labute approximate surface area is 136 Å². The third-order valence-electron chi connectivity index (χ3n) is 3.61. The third kappa shape index (κ3) is 5.02. The number of benzene rings is 1. The molecule has 0 aromatic heterocycles. The van der Waals surface area contributed by atoms with Gasteiger partial charge in [0.15, 0.2) is 0 Å². The molecule has 0 aliphatic rings. The van der Waals surface area contributed by atoms with Crippen molar-refractivity contribution in [1.82, 2.24) is 0 Å². The number of aryl methyl sites for hydroxylation is 1. The molecule has 122 valence electrons. The zero-order chi connectivity index (χ0) is 16.9. The summed E-state index contributed by atoms with van der Waals surface area (Å²) in [6.07, 6.45) is 1.62. The number of nitrogens with one attached hydrogen (secondary N) is 1. The van der Waals surface area contributed by atoms with Crippen LogP contribution >= 0.6 is 11.6 Å². The number of rotatable bonds is 7. The summed E-state index contributed by atoms with van der Waals surface area (Å²) in [5, 5.41) is 12.5. The van der Waals surface area contributed by atoms with Gasteiger partial charge in [0.2, 0.25) is 5.91 Å². The molecule has 0 bridgehead atoms. The standard InChI is InChI=1S/C17H24ClNO3/c1-5-11-7-8-13(18)12(6-2)16(11)19-14(20)9-17(3,4)10-15(21)22/h7-8H,5-6,9-10H2,1-4H3,(H,19,20)(H,21,22). The molecule has 0 saturated heterocycles. The van der Waals surface area contributed by atoms with Gasteiger partial charge in [-0.1, -0.05) is 45.4 Å². The molecule has 0 aliphatic carbocycles. The smallest absolute Gasteiger partial charge is 0.303 e. The molecule has 5 heteroatoms. The summed E-state index contributed by atoms with van der Waals surface area (Å²) in [5.41, 5.74) is 2.14. The molecule has 2 N–H and O–H groups in total. The first-order valence-corrected chi connectivity index (χ1v) is 7.90. The van der Waals surface area contributed by atoms with Gasteiger partial charge in [-0.3, -0.25) is 9.59 Å². The summed E-state index contributed by atoms with van der Waals surface area (Å²) in [4.78, 5) is 23.2. The van der Waals surface area contributed by atoms with Crippen molar-refractivity contribution in [3.8, 4) is 0 Å². The van der Waals surface area contributed by atoms with Crippen LogP contribution in [-0.4, -0.2) is 17.0 Å². The van der Waals surface area contributed by atoms with E-state index in [1.807, 2.05) is 26.0 Å². The van der Waals surface area contributed by atoms with Gasteiger partial charge in [0.1, 0.15) is 0 Å². The topological polar surface area (TPSA) is 66.4 Å². The van der Waals surface area contributed by atoms with E-state index in [0.717, 1.165) is 29.7 Å². The van der Waals surface area contributed by atoms with E-state index >= 15 is 0 Å². The van der Waals surface area contributed by atoms with Crippen LogP contribution in [0.3, 0.4) is 0 Å². The van der Waals surface area contributed by atoms with Gasteiger partial charge in [0.25, 0.3) is 0 Å². The molecular weight excluding hydrogens is 302 g/mol. The summed E-state index contributed by atoms with van der Waals surface area (Å²) in [6, 6.07) is 3.77. The molecule has 22 heavy (non-hydrogen) atoms. The second kappa shape index (κ2) is 7.63. The molecular formula is C17H24ClNO3. The van der Waals surface area contributed by atoms with E-state index < -0.39 is 11.4 Å². The number of amides is 1. The zero-order valence-corrected chi connectivity index (χ0v) is 14.4. The van der Waals surface area contributed by atoms with E-state index in [4.69, 9.17) is 16.7 Å². The van der Waals surface area contributed by atoms with E-state index in [-0.39, 0.29) is 18.7 Å². The van der Waals surface area contributed by atoms with Gasteiger partial charge >= 0.3 is 5.97 Å². The maximum Gasteiger partial charge on any atom is 0.303 e. The number of anilines is 1. The molecule has 0 fully saturated rings. The number of carbonyl (C=O) groups is 2. The second-order valence-electron chi connectivity index (χ2n) is 6.23. The quantitative estimate of drug-likeness (QED) is 0.785. The average molecular weight is 326 g/mol. The van der Waals surface area contributed by atoms with Crippen LogP contribution in [0, 0.1) is 5.41 Å². The summed E-state index contributed by atoms with van der Waals surface area (Å²) in [7, 11) is 0. The monoisotopic (exact) mass is 325 g/mol. The van der Waals surface area contributed by atoms with Crippen molar-refractivity contribution in [2.24, 2.45) is 5.41 Å². The Morgan fingerprint density at radius 1 is 1.18 bits per heavy atom. The van der Waals surface area contributed by atoms with E-state index in [9.17, 15) is 9.59 Å². The lowest BCUT2D eigenvalue weighted by molar-refractivity contribution is -0.139. The van der Waals surface area contributed by atoms with Gasteiger partial charge in [-0.05, 0) is 35.4 Å². The minimum atomic E-state index is -0.899. The van der Waals surface area contributed by atoms with Crippen molar-refractivity contribution >= 4 is 29.2 Å². The molecule has 1 aromatic rings. The highest BCUT2D eigenvalue weighted by molar-refractivity contribution is 6.32. The molecule has 0 radical (unpaired) electrons. The SMILES string of the molecule is CCc1ccc(Cl)c(CC)c1NC(=O)CC(C)(C)CC(=O)O. The van der Waals surface area contributed by atoms with Gasteiger partial charge in [0.05, 0.1) is 6.42 Å². The largest absolute Gasteiger partial charge is 0.481 e. The maximum atomic E-state index is 12.3. The van der Waals surface area contributed by atoms with Crippen LogP contribution in [0.2, 0.25) is 5.02 Å². The highest BCUT2D eigenvalue weighted by Gasteiger charge is 2.26. The first-order chi connectivity index (χ1) is 10.2. The van der Waals surface area contributed by atoms with Crippen LogP contribution in [-0.2, 0) is 22.4 Å². The lowest BCUT2D eigenvalue weighted by Crippen LogP contribution is -2.25. The molecule has 4 nitrogen and oxygen atoms in total. The molecule has 0 atom stereocenters.